The molecule has 0 bridgehead atoms. The Bertz CT molecular complexity index is 736. The number of nitrogens with one attached hydrogen (secondary N) is 2. The fourth-order valence-corrected chi connectivity index (χ4v) is 3.40. The summed E-state index contributed by atoms with van der Waals surface area (Å²) in [5.41, 5.74) is -0.390. The number of imide groups is 1. The number of nitrogens with zero attached hydrogens (tertiary/aromatic N) is 2. The Labute approximate surface area is 152 Å². The highest BCUT2D eigenvalue weighted by molar-refractivity contribution is 6.08. The third-order valence-corrected chi connectivity index (χ3v) is 4.66. The van der Waals surface area contributed by atoms with Crippen molar-refractivity contribution in [1.82, 2.24) is 15.1 Å². The number of carbonyl (C=O) groups is 3. The van der Waals surface area contributed by atoms with Gasteiger partial charge in [0.1, 0.15) is 11.3 Å². The van der Waals surface area contributed by atoms with Gasteiger partial charge in [-0.25, -0.2) is 9.59 Å². The second kappa shape index (κ2) is 6.86. The molecule has 5 amide bonds. The second-order valence-electron chi connectivity index (χ2n) is 6.84. The number of rotatable bonds is 4. The van der Waals surface area contributed by atoms with E-state index in [1.54, 1.807) is 36.9 Å². The molecule has 8 nitrogen and oxygen atoms in total. The van der Waals surface area contributed by atoms with Crippen LogP contribution in [0.3, 0.4) is 0 Å². The molecule has 1 aromatic rings. The Morgan fingerprint density at radius 3 is 2.81 bits per heavy atom. The highest BCUT2D eigenvalue weighted by Gasteiger charge is 2.56. The van der Waals surface area contributed by atoms with E-state index in [0.29, 0.717) is 31.0 Å². The molecule has 26 heavy (non-hydrogen) atoms. The largest absolute Gasteiger partial charge is 0.494 e. The summed E-state index contributed by atoms with van der Waals surface area (Å²) < 4.78 is 5.43. The minimum atomic E-state index is -1.01. The van der Waals surface area contributed by atoms with Gasteiger partial charge in [-0.1, -0.05) is 6.07 Å². The first kappa shape index (κ1) is 18.0. The lowest BCUT2D eigenvalue weighted by molar-refractivity contribution is -0.131. The van der Waals surface area contributed by atoms with Crippen molar-refractivity contribution in [2.45, 2.75) is 38.8 Å². The molecule has 3 rings (SSSR count). The maximum atomic E-state index is 12.7. The Balaban J connectivity index is 1.67. The highest BCUT2D eigenvalue weighted by Crippen LogP contribution is 2.30. The molecule has 2 saturated heterocycles. The summed E-state index contributed by atoms with van der Waals surface area (Å²) in [4.78, 5) is 40.2. The summed E-state index contributed by atoms with van der Waals surface area (Å²) in [6, 6.07) is 6.22. The van der Waals surface area contributed by atoms with E-state index in [0.717, 1.165) is 0 Å². The summed E-state index contributed by atoms with van der Waals surface area (Å²) in [6.07, 6.45) is 0.410. The van der Waals surface area contributed by atoms with Gasteiger partial charge in [-0.05, 0) is 39.3 Å². The summed E-state index contributed by atoms with van der Waals surface area (Å²) in [7, 11) is 0. The Kier molecular flexibility index (Phi) is 4.76. The van der Waals surface area contributed by atoms with Crippen LogP contribution < -0.4 is 15.4 Å². The number of likely N-dealkylation sites (tertiary alicyclic amines) is 1. The fourth-order valence-electron chi connectivity index (χ4n) is 3.40. The van der Waals surface area contributed by atoms with Gasteiger partial charge in [-0.2, -0.15) is 0 Å². The fraction of sp³-hybridized carbons (Fsp3) is 0.500. The Morgan fingerprint density at radius 1 is 1.38 bits per heavy atom. The predicted molar refractivity (Wildman–Crippen MR) is 96.1 cm³/mol. The molecular weight excluding hydrogens is 336 g/mol. The molecule has 1 atom stereocenters. The lowest BCUT2D eigenvalue weighted by Gasteiger charge is -2.23. The first-order chi connectivity index (χ1) is 12.4. The summed E-state index contributed by atoms with van der Waals surface area (Å²) >= 11 is 0. The van der Waals surface area contributed by atoms with E-state index >= 15 is 0 Å². The molecule has 8 heteroatoms. The minimum absolute atomic E-state index is 0.164. The third kappa shape index (κ3) is 3.18. The minimum Gasteiger partial charge on any atom is -0.494 e. The number of ether oxygens (including phenoxy) is 1. The first-order valence-electron chi connectivity index (χ1n) is 8.81. The molecule has 1 spiro atoms. The van der Waals surface area contributed by atoms with Crippen LogP contribution in [0.2, 0.25) is 0 Å². The lowest BCUT2D eigenvalue weighted by atomic mass is 9.99. The van der Waals surface area contributed by atoms with Gasteiger partial charge in [-0.3, -0.25) is 9.69 Å². The van der Waals surface area contributed by atoms with E-state index in [2.05, 4.69) is 10.6 Å². The van der Waals surface area contributed by atoms with Crippen molar-refractivity contribution < 1.29 is 19.1 Å². The Morgan fingerprint density at radius 2 is 2.15 bits per heavy atom. The van der Waals surface area contributed by atoms with Gasteiger partial charge in [0.2, 0.25) is 0 Å². The number of hydrogen-bond acceptors (Lipinski definition) is 4. The second-order valence-corrected chi connectivity index (χ2v) is 6.84. The van der Waals surface area contributed by atoms with Crippen LogP contribution in [0.1, 0.15) is 27.2 Å². The highest BCUT2D eigenvalue weighted by atomic mass is 16.5. The van der Waals surface area contributed by atoms with Gasteiger partial charge < -0.3 is 20.3 Å². The zero-order chi connectivity index (χ0) is 18.9. The molecule has 1 unspecified atom stereocenters. The van der Waals surface area contributed by atoms with Crippen molar-refractivity contribution in [2.75, 3.05) is 25.0 Å². The normalized spacial score (nSPS) is 22.3. The van der Waals surface area contributed by atoms with Gasteiger partial charge in [0, 0.05) is 24.3 Å². The van der Waals surface area contributed by atoms with Crippen LogP contribution in [-0.4, -0.2) is 59.0 Å². The smallest absolute Gasteiger partial charge is 0.325 e. The van der Waals surface area contributed by atoms with E-state index in [4.69, 9.17) is 4.74 Å². The maximum absolute atomic E-state index is 12.7. The molecule has 2 aliphatic heterocycles. The van der Waals surface area contributed by atoms with E-state index < -0.39 is 11.6 Å². The van der Waals surface area contributed by atoms with Gasteiger partial charge in [0.15, 0.2) is 0 Å². The molecule has 140 valence electrons. The molecule has 2 heterocycles. The van der Waals surface area contributed by atoms with Crippen molar-refractivity contribution in [3.63, 3.8) is 0 Å². The van der Waals surface area contributed by atoms with E-state index in [1.165, 1.54) is 4.90 Å². The monoisotopic (exact) mass is 360 g/mol. The Hall–Kier alpha value is -2.77. The summed E-state index contributed by atoms with van der Waals surface area (Å²) in [5.74, 6) is 0.417. The molecule has 1 aromatic carbocycles. The summed E-state index contributed by atoms with van der Waals surface area (Å²) in [6.45, 7) is 6.58. The van der Waals surface area contributed by atoms with Gasteiger partial charge in [0.25, 0.3) is 5.91 Å². The quantitative estimate of drug-likeness (QED) is 0.804. The van der Waals surface area contributed by atoms with Crippen LogP contribution in [0.4, 0.5) is 15.3 Å². The molecule has 2 fully saturated rings. The van der Waals surface area contributed by atoms with E-state index in [9.17, 15) is 14.4 Å². The number of anilines is 1. The van der Waals surface area contributed by atoms with E-state index in [-0.39, 0.29) is 24.5 Å². The van der Waals surface area contributed by atoms with Crippen LogP contribution in [-0.2, 0) is 4.79 Å². The van der Waals surface area contributed by atoms with Crippen LogP contribution in [0, 0.1) is 0 Å². The van der Waals surface area contributed by atoms with E-state index in [1.807, 2.05) is 13.0 Å². The van der Waals surface area contributed by atoms with Crippen LogP contribution in [0.15, 0.2) is 24.3 Å². The predicted octanol–water partition coefficient (Wildman–Crippen LogP) is 2.02. The molecule has 0 aromatic heterocycles. The lowest BCUT2D eigenvalue weighted by Crippen LogP contribution is -2.50. The molecule has 0 saturated carbocycles. The molecule has 2 N–H and O–H groups in total. The average Bonchev–Trinajstić information content (AvgIpc) is 3.10. The topological polar surface area (TPSA) is 91.0 Å². The SMILES string of the molecule is CCOc1cccc(NC(=O)N2CCC3(C2)NC(=O)N(C(C)C)C3=O)c1. The molecule has 0 aliphatic carbocycles. The molecular formula is C18H24N4O4. The standard InChI is InChI=1S/C18H24N4O4/c1-4-26-14-7-5-6-13(10-14)19-16(24)21-9-8-18(11-21)15(23)22(12(2)3)17(25)20-18/h5-7,10,12H,4,8-9,11H2,1-3H3,(H,19,24)(H,20,25). The van der Waals surface area contributed by atoms with Crippen molar-refractivity contribution in [3.05, 3.63) is 24.3 Å². The number of hydrogen-bond donors (Lipinski definition) is 2. The first-order valence-corrected chi connectivity index (χ1v) is 8.81. The zero-order valence-corrected chi connectivity index (χ0v) is 15.2. The van der Waals surface area contributed by atoms with Crippen molar-refractivity contribution >= 4 is 23.7 Å². The van der Waals surface area contributed by atoms with Crippen molar-refractivity contribution in [3.8, 4) is 5.75 Å². The van der Waals surface area contributed by atoms with Crippen LogP contribution >= 0.6 is 0 Å². The number of carbonyl (C=O) groups excluding carboxylic acids is 3. The number of urea groups is 2. The number of amides is 5. The van der Waals surface area contributed by atoms with Crippen LogP contribution in [0.25, 0.3) is 0 Å². The average molecular weight is 360 g/mol. The maximum Gasteiger partial charge on any atom is 0.325 e. The summed E-state index contributed by atoms with van der Waals surface area (Å²) in [5, 5.41) is 5.60. The molecule has 0 radical (unpaired) electrons. The van der Waals surface area contributed by atoms with Gasteiger partial charge >= 0.3 is 12.1 Å². The van der Waals surface area contributed by atoms with Gasteiger partial charge in [0.05, 0.1) is 13.2 Å². The van der Waals surface area contributed by atoms with Crippen molar-refractivity contribution in [2.24, 2.45) is 0 Å². The van der Waals surface area contributed by atoms with Gasteiger partial charge in [-0.15, -0.1) is 0 Å². The third-order valence-electron chi connectivity index (χ3n) is 4.66. The molecule has 2 aliphatic rings. The zero-order valence-electron chi connectivity index (χ0n) is 15.2. The van der Waals surface area contributed by atoms with Crippen molar-refractivity contribution in [1.29, 1.82) is 0 Å². The number of benzene rings is 1. The van der Waals surface area contributed by atoms with Crippen LogP contribution in [0.5, 0.6) is 5.75 Å².